The zero-order chi connectivity index (χ0) is 19.7. The lowest BCUT2D eigenvalue weighted by molar-refractivity contribution is -0.150. The van der Waals surface area contributed by atoms with Crippen LogP contribution in [-0.4, -0.2) is 68.0 Å². The van der Waals surface area contributed by atoms with Gasteiger partial charge in [0.25, 0.3) is 0 Å². The van der Waals surface area contributed by atoms with Crippen molar-refractivity contribution in [1.82, 2.24) is 9.80 Å². The van der Waals surface area contributed by atoms with Crippen molar-refractivity contribution in [3.63, 3.8) is 0 Å². The summed E-state index contributed by atoms with van der Waals surface area (Å²) in [5, 5.41) is 0. The van der Waals surface area contributed by atoms with Gasteiger partial charge in [-0.2, -0.15) is 0 Å². The number of rotatable bonds is 4. The Morgan fingerprint density at radius 1 is 0.964 bits per heavy atom. The molecule has 0 aromatic heterocycles. The number of hydrogen-bond acceptors (Lipinski definition) is 4. The first-order chi connectivity index (χ1) is 13.5. The first kappa shape index (κ1) is 19.1. The van der Waals surface area contributed by atoms with Gasteiger partial charge in [0.15, 0.2) is 0 Å². The third-order valence-electron chi connectivity index (χ3n) is 6.52. The minimum absolute atomic E-state index is 0.0603. The lowest BCUT2D eigenvalue weighted by atomic mass is 9.96. The van der Waals surface area contributed by atoms with E-state index >= 15 is 0 Å². The maximum Gasteiger partial charge on any atom is 0.238 e. The molecule has 2 heterocycles. The zero-order valence-corrected chi connectivity index (χ0v) is 17.0. The Morgan fingerprint density at radius 3 is 2.18 bits per heavy atom. The third kappa shape index (κ3) is 3.56. The number of likely N-dealkylation sites (tertiary alicyclic amines) is 1. The van der Waals surface area contributed by atoms with Crippen LogP contribution in [0.2, 0.25) is 0 Å². The number of ether oxygens (including phenoxy) is 1. The van der Waals surface area contributed by atoms with E-state index in [4.69, 9.17) is 4.74 Å². The molecule has 1 aromatic carbocycles. The lowest BCUT2D eigenvalue weighted by Gasteiger charge is -2.39. The molecular formula is C22H31N3O3. The van der Waals surface area contributed by atoms with Crippen LogP contribution in [0.25, 0.3) is 0 Å². The molecule has 0 bridgehead atoms. The van der Waals surface area contributed by atoms with E-state index in [9.17, 15) is 9.59 Å². The molecular weight excluding hydrogens is 354 g/mol. The van der Waals surface area contributed by atoms with E-state index in [1.807, 2.05) is 21.9 Å². The number of nitrogens with zero attached hydrogens (tertiary/aromatic N) is 3. The molecule has 0 spiro atoms. The third-order valence-corrected chi connectivity index (χ3v) is 6.52. The fraction of sp³-hybridized carbons (Fsp3) is 0.636. The summed E-state index contributed by atoms with van der Waals surface area (Å²) in [5.41, 5.74) is 0.395. The average molecular weight is 386 g/mol. The molecule has 2 aliphatic heterocycles. The highest BCUT2D eigenvalue weighted by Crippen LogP contribution is 2.49. The molecule has 2 saturated heterocycles. The Morgan fingerprint density at radius 2 is 1.61 bits per heavy atom. The number of anilines is 1. The number of benzene rings is 1. The number of carbonyl (C=O) groups is 2. The van der Waals surface area contributed by atoms with Crippen LogP contribution in [0.4, 0.5) is 5.69 Å². The van der Waals surface area contributed by atoms with E-state index in [-0.39, 0.29) is 11.8 Å². The molecule has 1 saturated carbocycles. The molecule has 0 N–H and O–H groups in total. The van der Waals surface area contributed by atoms with E-state index in [2.05, 4.69) is 24.0 Å². The summed E-state index contributed by atoms with van der Waals surface area (Å²) in [7, 11) is 1.67. The largest absolute Gasteiger partial charge is 0.497 e. The highest BCUT2D eigenvalue weighted by atomic mass is 16.5. The van der Waals surface area contributed by atoms with Crippen molar-refractivity contribution >= 4 is 17.5 Å². The molecule has 1 aromatic rings. The summed E-state index contributed by atoms with van der Waals surface area (Å²) in [6.45, 7) is 6.75. The van der Waals surface area contributed by atoms with Crippen LogP contribution < -0.4 is 9.64 Å². The summed E-state index contributed by atoms with van der Waals surface area (Å²) in [5.74, 6) is 1.53. The highest BCUT2D eigenvalue weighted by Gasteiger charge is 2.59. The fourth-order valence-electron chi connectivity index (χ4n) is 4.58. The van der Waals surface area contributed by atoms with Crippen LogP contribution in [0.3, 0.4) is 0 Å². The second-order valence-electron chi connectivity index (χ2n) is 8.56. The number of hydrogen-bond donors (Lipinski definition) is 0. The van der Waals surface area contributed by atoms with Gasteiger partial charge in [0.1, 0.15) is 11.2 Å². The SMILES string of the molecule is COc1ccc(N2CCN(C(=O)C3(C(=O)N4CCCC(C)C4)CC3)CC2)cc1. The Balaban J connectivity index is 1.36. The van der Waals surface area contributed by atoms with Crippen LogP contribution in [0.1, 0.15) is 32.6 Å². The fourth-order valence-corrected chi connectivity index (χ4v) is 4.58. The Labute approximate surface area is 167 Å². The van der Waals surface area contributed by atoms with Crippen molar-refractivity contribution in [3.8, 4) is 5.75 Å². The molecule has 3 aliphatic rings. The molecule has 1 unspecified atom stereocenters. The Kier molecular flexibility index (Phi) is 5.21. The summed E-state index contributed by atoms with van der Waals surface area (Å²) in [6, 6.07) is 8.04. The maximum absolute atomic E-state index is 13.2. The predicted octanol–water partition coefficient (Wildman–Crippen LogP) is 2.38. The quantitative estimate of drug-likeness (QED) is 0.747. The summed E-state index contributed by atoms with van der Waals surface area (Å²) < 4.78 is 5.22. The van der Waals surface area contributed by atoms with E-state index in [0.29, 0.717) is 31.8 Å². The smallest absolute Gasteiger partial charge is 0.238 e. The van der Waals surface area contributed by atoms with Crippen LogP contribution in [0.5, 0.6) is 5.75 Å². The van der Waals surface area contributed by atoms with Gasteiger partial charge in [-0.25, -0.2) is 0 Å². The predicted molar refractivity (Wildman–Crippen MR) is 108 cm³/mol. The van der Waals surface area contributed by atoms with Gasteiger partial charge >= 0.3 is 0 Å². The summed E-state index contributed by atoms with van der Waals surface area (Å²) >= 11 is 0. The van der Waals surface area contributed by atoms with E-state index < -0.39 is 5.41 Å². The number of piperidine rings is 1. The lowest BCUT2D eigenvalue weighted by Crippen LogP contribution is -2.54. The van der Waals surface area contributed by atoms with E-state index in [0.717, 1.165) is 44.0 Å². The first-order valence-electron chi connectivity index (χ1n) is 10.5. The molecule has 1 atom stereocenters. The topological polar surface area (TPSA) is 53.1 Å². The van der Waals surface area contributed by atoms with E-state index in [1.54, 1.807) is 7.11 Å². The average Bonchev–Trinajstić information content (AvgIpc) is 3.55. The van der Waals surface area contributed by atoms with Gasteiger partial charge in [0.2, 0.25) is 11.8 Å². The van der Waals surface area contributed by atoms with Crippen molar-refractivity contribution in [2.75, 3.05) is 51.3 Å². The molecule has 3 fully saturated rings. The zero-order valence-electron chi connectivity index (χ0n) is 17.0. The Hall–Kier alpha value is -2.24. The molecule has 6 nitrogen and oxygen atoms in total. The molecule has 28 heavy (non-hydrogen) atoms. The minimum Gasteiger partial charge on any atom is -0.497 e. The second kappa shape index (κ2) is 7.64. The van der Waals surface area contributed by atoms with Crippen molar-refractivity contribution in [2.45, 2.75) is 32.6 Å². The van der Waals surface area contributed by atoms with Crippen molar-refractivity contribution in [3.05, 3.63) is 24.3 Å². The van der Waals surface area contributed by atoms with Gasteiger partial charge in [-0.3, -0.25) is 9.59 Å². The van der Waals surface area contributed by atoms with Gasteiger partial charge < -0.3 is 19.4 Å². The van der Waals surface area contributed by atoms with Crippen LogP contribution in [0.15, 0.2) is 24.3 Å². The molecule has 152 valence electrons. The van der Waals surface area contributed by atoms with Crippen LogP contribution in [-0.2, 0) is 9.59 Å². The van der Waals surface area contributed by atoms with Gasteiger partial charge in [-0.1, -0.05) is 6.92 Å². The molecule has 2 amide bonds. The first-order valence-corrected chi connectivity index (χ1v) is 10.5. The Bertz CT molecular complexity index is 721. The van der Waals surface area contributed by atoms with Crippen molar-refractivity contribution < 1.29 is 14.3 Å². The molecule has 4 rings (SSSR count). The standard InChI is InChI=1S/C22H31N3O3/c1-17-4-3-11-25(16-17)21(27)22(9-10-22)20(26)24-14-12-23(13-15-24)18-5-7-19(28-2)8-6-18/h5-8,17H,3-4,9-16H2,1-2H3. The van der Waals surface area contributed by atoms with Gasteiger partial charge in [0, 0.05) is 45.0 Å². The minimum atomic E-state index is -0.751. The highest BCUT2D eigenvalue weighted by molar-refractivity contribution is 6.08. The molecule has 6 heteroatoms. The van der Waals surface area contributed by atoms with E-state index in [1.165, 1.54) is 6.42 Å². The monoisotopic (exact) mass is 385 g/mol. The number of piperazine rings is 1. The number of carbonyl (C=O) groups excluding carboxylic acids is 2. The normalized spacial score (nSPS) is 24.1. The van der Waals surface area contributed by atoms with Gasteiger partial charge in [0.05, 0.1) is 7.11 Å². The van der Waals surface area contributed by atoms with Crippen LogP contribution in [0, 0.1) is 11.3 Å². The summed E-state index contributed by atoms with van der Waals surface area (Å²) in [6.07, 6.45) is 3.66. The summed E-state index contributed by atoms with van der Waals surface area (Å²) in [4.78, 5) is 32.5. The van der Waals surface area contributed by atoms with Gasteiger partial charge in [-0.05, 0) is 55.9 Å². The second-order valence-corrected chi connectivity index (χ2v) is 8.56. The van der Waals surface area contributed by atoms with Crippen molar-refractivity contribution in [2.24, 2.45) is 11.3 Å². The van der Waals surface area contributed by atoms with Gasteiger partial charge in [-0.15, -0.1) is 0 Å². The maximum atomic E-state index is 13.2. The molecule has 1 aliphatic carbocycles. The number of amides is 2. The van der Waals surface area contributed by atoms with Crippen molar-refractivity contribution in [1.29, 1.82) is 0 Å². The van der Waals surface area contributed by atoms with Crippen LogP contribution >= 0.6 is 0 Å². The molecule has 0 radical (unpaired) electrons. The number of methoxy groups -OCH3 is 1.